The Bertz CT molecular complexity index is 539. The smallest absolute Gasteiger partial charge is 0.276 e. The molecule has 21 heavy (non-hydrogen) atoms. The maximum absolute atomic E-state index is 11.8. The van der Waals surface area contributed by atoms with E-state index >= 15 is 0 Å². The molecule has 0 fully saturated rings. The van der Waals surface area contributed by atoms with Crippen molar-refractivity contribution < 1.29 is 27.4 Å². The van der Waals surface area contributed by atoms with E-state index in [2.05, 4.69) is 5.32 Å². The van der Waals surface area contributed by atoms with Gasteiger partial charge in [-0.25, -0.2) is 0 Å². The molecule has 10 heteroatoms. The summed E-state index contributed by atoms with van der Waals surface area (Å²) in [5.74, 6) is -1.42. The van der Waals surface area contributed by atoms with Crippen molar-refractivity contribution in [2.75, 3.05) is 25.1 Å². The maximum atomic E-state index is 11.8. The molecule has 0 aromatic rings. The molecule has 0 aromatic heterocycles. The van der Waals surface area contributed by atoms with Gasteiger partial charge in [0.2, 0.25) is 5.91 Å². The van der Waals surface area contributed by atoms with E-state index in [1.807, 2.05) is 0 Å². The van der Waals surface area contributed by atoms with Gasteiger partial charge in [-0.15, -0.1) is 0 Å². The zero-order valence-electron chi connectivity index (χ0n) is 11.3. The molecular formula is C11H16N2O6S2. The first-order chi connectivity index (χ1) is 9.77. The lowest BCUT2D eigenvalue weighted by Crippen LogP contribution is -2.44. The van der Waals surface area contributed by atoms with Gasteiger partial charge in [0.1, 0.15) is 0 Å². The highest BCUT2D eigenvalue weighted by atomic mass is 32.2. The van der Waals surface area contributed by atoms with Crippen LogP contribution < -0.4 is 5.32 Å². The van der Waals surface area contributed by atoms with Crippen LogP contribution >= 0.6 is 11.8 Å². The molecule has 2 N–H and O–H groups in total. The molecule has 1 unspecified atom stereocenters. The minimum absolute atomic E-state index is 0.0189. The van der Waals surface area contributed by atoms with Gasteiger partial charge in [-0.2, -0.15) is 20.2 Å². The fourth-order valence-electron chi connectivity index (χ4n) is 1.70. The van der Waals surface area contributed by atoms with E-state index in [4.69, 9.17) is 4.55 Å². The quantitative estimate of drug-likeness (QED) is 0.432. The van der Waals surface area contributed by atoms with Crippen LogP contribution in [0.4, 0.5) is 0 Å². The molecule has 0 bridgehead atoms. The molecular weight excluding hydrogens is 320 g/mol. The van der Waals surface area contributed by atoms with Crippen molar-refractivity contribution in [3.63, 3.8) is 0 Å². The molecule has 1 heterocycles. The lowest BCUT2D eigenvalue weighted by atomic mass is 10.3. The number of carbonyl (C=O) groups is 3. The van der Waals surface area contributed by atoms with Gasteiger partial charge in [0.05, 0.1) is 0 Å². The number of nitrogens with zero attached hydrogens (tertiary/aromatic N) is 1. The first-order valence-corrected chi connectivity index (χ1v) is 8.93. The van der Waals surface area contributed by atoms with Crippen LogP contribution in [0, 0.1) is 0 Å². The van der Waals surface area contributed by atoms with Crippen molar-refractivity contribution in [1.29, 1.82) is 0 Å². The van der Waals surface area contributed by atoms with Gasteiger partial charge >= 0.3 is 0 Å². The van der Waals surface area contributed by atoms with E-state index in [0.29, 0.717) is 5.75 Å². The van der Waals surface area contributed by atoms with E-state index < -0.39 is 33.1 Å². The average molecular weight is 336 g/mol. The van der Waals surface area contributed by atoms with Gasteiger partial charge in [-0.1, -0.05) is 0 Å². The van der Waals surface area contributed by atoms with Crippen molar-refractivity contribution in [1.82, 2.24) is 10.2 Å². The first kappa shape index (κ1) is 17.7. The Morgan fingerprint density at radius 1 is 1.38 bits per heavy atom. The molecule has 0 spiro atoms. The standard InChI is InChI=1S/C11H16N2O6S2/c1-20-7-4-8(21(17,18)19)11(16)12-5-6-13-9(14)2-3-10(13)15/h2-3,8H,4-7H2,1H3,(H,12,16)(H,17,18,19). The highest BCUT2D eigenvalue weighted by Gasteiger charge is 2.30. The number of nitrogens with one attached hydrogen (secondary N) is 1. The number of hydrogen-bond donors (Lipinski definition) is 2. The number of thioether (sulfide) groups is 1. The number of carbonyl (C=O) groups excluding carboxylic acids is 3. The molecule has 8 nitrogen and oxygen atoms in total. The summed E-state index contributed by atoms with van der Waals surface area (Å²) in [5, 5.41) is 0.757. The van der Waals surface area contributed by atoms with Gasteiger partial charge in [-0.05, 0) is 18.4 Å². The molecule has 118 valence electrons. The van der Waals surface area contributed by atoms with Crippen LogP contribution in [-0.2, 0) is 24.5 Å². The van der Waals surface area contributed by atoms with Crippen molar-refractivity contribution in [2.45, 2.75) is 11.7 Å². The predicted octanol–water partition coefficient (Wildman–Crippen LogP) is -0.963. The zero-order chi connectivity index (χ0) is 16.0. The van der Waals surface area contributed by atoms with Crippen molar-refractivity contribution >= 4 is 39.6 Å². The number of hydrogen-bond acceptors (Lipinski definition) is 6. The number of amides is 3. The van der Waals surface area contributed by atoms with Crippen LogP contribution in [0.5, 0.6) is 0 Å². The van der Waals surface area contributed by atoms with E-state index in [1.165, 1.54) is 11.8 Å². The third kappa shape index (κ3) is 5.14. The third-order valence-electron chi connectivity index (χ3n) is 2.77. The Labute approximate surface area is 126 Å². The highest BCUT2D eigenvalue weighted by molar-refractivity contribution is 7.98. The second-order valence-corrected chi connectivity index (χ2v) is 6.82. The van der Waals surface area contributed by atoms with Gasteiger partial charge in [0, 0.05) is 25.2 Å². The van der Waals surface area contributed by atoms with Crippen molar-refractivity contribution in [3.05, 3.63) is 12.2 Å². The SMILES string of the molecule is CSCCC(C(=O)NCCN1C(=O)C=CC1=O)S(=O)(=O)O. The monoisotopic (exact) mass is 336 g/mol. The molecule has 0 saturated carbocycles. The fourth-order valence-corrected chi connectivity index (χ4v) is 3.09. The molecule has 0 radical (unpaired) electrons. The fraction of sp³-hybridized carbons (Fsp3) is 0.545. The Balaban J connectivity index is 2.51. The van der Waals surface area contributed by atoms with Gasteiger partial charge in [0.15, 0.2) is 5.25 Å². The zero-order valence-corrected chi connectivity index (χ0v) is 12.9. The Hall–Kier alpha value is -1.39. The minimum Gasteiger partial charge on any atom is -0.353 e. The summed E-state index contributed by atoms with van der Waals surface area (Å²) in [7, 11) is -4.49. The third-order valence-corrected chi connectivity index (χ3v) is 4.58. The van der Waals surface area contributed by atoms with Gasteiger partial charge in [-0.3, -0.25) is 23.8 Å². The van der Waals surface area contributed by atoms with E-state index in [1.54, 1.807) is 6.26 Å². The summed E-state index contributed by atoms with van der Waals surface area (Å²) in [6.45, 7) is -0.138. The summed E-state index contributed by atoms with van der Waals surface area (Å²) >= 11 is 1.35. The van der Waals surface area contributed by atoms with Crippen LogP contribution in [-0.4, -0.2) is 65.9 Å². The minimum atomic E-state index is -4.49. The molecule has 1 aliphatic rings. The molecule has 1 aliphatic heterocycles. The largest absolute Gasteiger partial charge is 0.353 e. The molecule has 0 aliphatic carbocycles. The second-order valence-electron chi connectivity index (χ2n) is 4.24. The summed E-state index contributed by atoms with van der Waals surface area (Å²) in [6.07, 6.45) is 3.96. The summed E-state index contributed by atoms with van der Waals surface area (Å²) in [6, 6.07) is 0. The van der Waals surface area contributed by atoms with Gasteiger partial charge < -0.3 is 5.32 Å². The Morgan fingerprint density at radius 2 is 1.95 bits per heavy atom. The second kappa shape index (κ2) is 7.57. The van der Waals surface area contributed by atoms with E-state index in [9.17, 15) is 22.8 Å². The van der Waals surface area contributed by atoms with E-state index in [-0.39, 0.29) is 19.5 Å². The maximum Gasteiger partial charge on any atom is 0.276 e. The van der Waals surface area contributed by atoms with Crippen LogP contribution in [0.2, 0.25) is 0 Å². The number of imide groups is 1. The molecule has 0 aromatic carbocycles. The summed E-state index contributed by atoms with van der Waals surface area (Å²) in [5.41, 5.74) is 0. The predicted molar refractivity (Wildman–Crippen MR) is 77.2 cm³/mol. The van der Waals surface area contributed by atoms with Crippen molar-refractivity contribution in [2.24, 2.45) is 0 Å². The van der Waals surface area contributed by atoms with Crippen LogP contribution in [0.15, 0.2) is 12.2 Å². The molecule has 0 saturated heterocycles. The number of rotatable bonds is 8. The Kier molecular flexibility index (Phi) is 6.37. The summed E-state index contributed by atoms with van der Waals surface area (Å²) < 4.78 is 31.4. The lowest BCUT2D eigenvalue weighted by molar-refractivity contribution is -0.137. The highest BCUT2D eigenvalue weighted by Crippen LogP contribution is 2.09. The van der Waals surface area contributed by atoms with Gasteiger partial charge in [0.25, 0.3) is 21.9 Å². The van der Waals surface area contributed by atoms with Crippen LogP contribution in [0.1, 0.15) is 6.42 Å². The lowest BCUT2D eigenvalue weighted by Gasteiger charge is -2.16. The summed E-state index contributed by atoms with van der Waals surface area (Å²) in [4.78, 5) is 35.2. The molecule has 1 atom stereocenters. The normalized spacial score (nSPS) is 16.4. The van der Waals surface area contributed by atoms with E-state index in [0.717, 1.165) is 17.1 Å². The molecule has 3 amide bonds. The Morgan fingerprint density at radius 3 is 2.43 bits per heavy atom. The first-order valence-electron chi connectivity index (χ1n) is 6.04. The van der Waals surface area contributed by atoms with Crippen LogP contribution in [0.3, 0.4) is 0 Å². The molecule has 1 rings (SSSR count). The van der Waals surface area contributed by atoms with Crippen LogP contribution in [0.25, 0.3) is 0 Å². The average Bonchev–Trinajstić information content (AvgIpc) is 2.69. The topological polar surface area (TPSA) is 121 Å². The van der Waals surface area contributed by atoms with Crippen molar-refractivity contribution in [3.8, 4) is 0 Å².